The van der Waals surface area contributed by atoms with E-state index in [4.69, 9.17) is 4.74 Å². The number of carbonyl (C=O) groups excluding carboxylic acids is 1. The number of rotatable bonds is 2. The van der Waals surface area contributed by atoms with E-state index in [1.165, 1.54) is 25.9 Å². The van der Waals surface area contributed by atoms with Gasteiger partial charge in [0.05, 0.1) is 0 Å². The second-order valence-corrected chi connectivity index (χ2v) is 3.74. The Morgan fingerprint density at radius 3 is 2.50 bits per heavy atom. The molecule has 12 heavy (non-hydrogen) atoms. The Morgan fingerprint density at radius 2 is 1.83 bits per heavy atom. The standard InChI is InChI=1S/C9H15NO2/c11-7-12-9-3-6-10-4-1-8(9)2-5-10/h7-9H,1-6H2. The molecule has 0 amide bonds. The summed E-state index contributed by atoms with van der Waals surface area (Å²) >= 11 is 0. The summed E-state index contributed by atoms with van der Waals surface area (Å²) in [6.45, 7) is 4.11. The minimum Gasteiger partial charge on any atom is -0.464 e. The minimum absolute atomic E-state index is 0.204. The lowest BCUT2D eigenvalue weighted by atomic mass is 9.93. The third-order valence-electron chi connectivity index (χ3n) is 3.12. The quantitative estimate of drug-likeness (QED) is 0.568. The molecule has 3 aliphatic heterocycles. The topological polar surface area (TPSA) is 29.5 Å². The zero-order valence-electron chi connectivity index (χ0n) is 7.24. The highest BCUT2D eigenvalue weighted by Crippen LogP contribution is 2.28. The van der Waals surface area contributed by atoms with Crippen LogP contribution in [0.25, 0.3) is 0 Å². The van der Waals surface area contributed by atoms with Crippen LogP contribution in [-0.4, -0.2) is 37.1 Å². The van der Waals surface area contributed by atoms with Crippen molar-refractivity contribution in [3.63, 3.8) is 0 Å². The summed E-state index contributed by atoms with van der Waals surface area (Å²) in [5.74, 6) is 0.633. The summed E-state index contributed by atoms with van der Waals surface area (Å²) in [4.78, 5) is 12.7. The van der Waals surface area contributed by atoms with Crippen LogP contribution in [0.15, 0.2) is 0 Å². The fourth-order valence-electron chi connectivity index (χ4n) is 2.34. The number of hydrogen-bond acceptors (Lipinski definition) is 3. The van der Waals surface area contributed by atoms with E-state index in [0.717, 1.165) is 13.0 Å². The fraction of sp³-hybridized carbons (Fsp3) is 0.889. The summed E-state index contributed by atoms with van der Waals surface area (Å²) in [5, 5.41) is 0. The number of piperidine rings is 1. The van der Waals surface area contributed by atoms with Crippen molar-refractivity contribution in [2.45, 2.75) is 25.4 Å². The number of carbonyl (C=O) groups is 1. The van der Waals surface area contributed by atoms with Gasteiger partial charge in [-0.1, -0.05) is 0 Å². The molecule has 68 valence electrons. The first-order valence-corrected chi connectivity index (χ1v) is 4.71. The van der Waals surface area contributed by atoms with Crippen LogP contribution in [0.2, 0.25) is 0 Å². The Labute approximate surface area is 72.7 Å². The minimum atomic E-state index is 0.204. The molecule has 3 heterocycles. The van der Waals surface area contributed by atoms with Gasteiger partial charge in [-0.25, -0.2) is 0 Å². The van der Waals surface area contributed by atoms with Crippen LogP contribution in [0.1, 0.15) is 19.3 Å². The lowest BCUT2D eigenvalue weighted by Crippen LogP contribution is -2.31. The van der Waals surface area contributed by atoms with Gasteiger partial charge in [-0.3, -0.25) is 4.79 Å². The maximum Gasteiger partial charge on any atom is 0.293 e. The molecule has 3 heteroatoms. The highest BCUT2D eigenvalue weighted by Gasteiger charge is 2.31. The van der Waals surface area contributed by atoms with Crippen molar-refractivity contribution in [1.29, 1.82) is 0 Å². The predicted molar refractivity (Wildman–Crippen MR) is 44.7 cm³/mol. The van der Waals surface area contributed by atoms with Crippen LogP contribution in [-0.2, 0) is 9.53 Å². The van der Waals surface area contributed by atoms with Gasteiger partial charge in [0.15, 0.2) is 0 Å². The zero-order valence-corrected chi connectivity index (χ0v) is 7.24. The van der Waals surface area contributed by atoms with Gasteiger partial charge in [0.2, 0.25) is 0 Å². The van der Waals surface area contributed by atoms with E-state index in [1.807, 2.05) is 0 Å². The molecule has 3 fully saturated rings. The molecule has 0 saturated carbocycles. The molecule has 3 saturated heterocycles. The number of ether oxygens (including phenoxy) is 1. The Bertz CT molecular complexity index is 164. The van der Waals surface area contributed by atoms with Gasteiger partial charge in [0.1, 0.15) is 6.10 Å². The van der Waals surface area contributed by atoms with Gasteiger partial charge in [-0.2, -0.15) is 0 Å². The van der Waals surface area contributed by atoms with Crippen LogP contribution in [0.5, 0.6) is 0 Å². The first-order valence-electron chi connectivity index (χ1n) is 4.71. The molecule has 0 N–H and O–H groups in total. The van der Waals surface area contributed by atoms with E-state index in [9.17, 15) is 4.79 Å². The molecular weight excluding hydrogens is 154 g/mol. The number of fused-ring (bicyclic) bond motifs is 4. The Morgan fingerprint density at radius 1 is 1.17 bits per heavy atom. The van der Waals surface area contributed by atoms with Crippen LogP contribution in [0.4, 0.5) is 0 Å². The first-order chi connectivity index (χ1) is 5.90. The predicted octanol–water partition coefficient (Wildman–Crippen LogP) is 0.644. The molecule has 3 rings (SSSR count). The summed E-state index contributed by atoms with van der Waals surface area (Å²) in [6.07, 6.45) is 3.65. The Kier molecular flexibility index (Phi) is 2.30. The van der Waals surface area contributed by atoms with Crippen molar-refractivity contribution in [2.24, 2.45) is 5.92 Å². The van der Waals surface area contributed by atoms with Crippen molar-refractivity contribution in [3.8, 4) is 0 Å². The SMILES string of the molecule is O=COC1CCN2CCC1CC2. The first kappa shape index (κ1) is 8.05. The maximum atomic E-state index is 10.2. The maximum absolute atomic E-state index is 10.2. The summed E-state index contributed by atoms with van der Waals surface area (Å²) in [7, 11) is 0. The van der Waals surface area contributed by atoms with Gasteiger partial charge in [0.25, 0.3) is 6.47 Å². The van der Waals surface area contributed by atoms with E-state index in [-0.39, 0.29) is 6.10 Å². The monoisotopic (exact) mass is 169 g/mol. The van der Waals surface area contributed by atoms with Crippen molar-refractivity contribution < 1.29 is 9.53 Å². The van der Waals surface area contributed by atoms with Crippen LogP contribution >= 0.6 is 0 Å². The Hall–Kier alpha value is -0.570. The molecule has 0 aromatic carbocycles. The normalized spacial score (nSPS) is 40.5. The molecule has 0 radical (unpaired) electrons. The smallest absolute Gasteiger partial charge is 0.293 e. The molecule has 3 nitrogen and oxygen atoms in total. The summed E-state index contributed by atoms with van der Waals surface area (Å²) in [5.41, 5.74) is 0. The second-order valence-electron chi connectivity index (χ2n) is 3.74. The van der Waals surface area contributed by atoms with Gasteiger partial charge in [0, 0.05) is 6.54 Å². The van der Waals surface area contributed by atoms with Gasteiger partial charge < -0.3 is 9.64 Å². The molecule has 2 bridgehead atoms. The third kappa shape index (κ3) is 1.46. The van der Waals surface area contributed by atoms with Crippen LogP contribution in [0, 0.1) is 5.92 Å². The highest BCUT2D eigenvalue weighted by atomic mass is 16.5. The third-order valence-corrected chi connectivity index (χ3v) is 3.12. The average molecular weight is 169 g/mol. The van der Waals surface area contributed by atoms with Gasteiger partial charge >= 0.3 is 0 Å². The summed E-state index contributed by atoms with van der Waals surface area (Å²) < 4.78 is 5.09. The molecule has 0 aromatic rings. The van der Waals surface area contributed by atoms with Gasteiger partial charge in [-0.05, 0) is 38.3 Å². The molecule has 0 aromatic heterocycles. The molecule has 0 aliphatic carbocycles. The molecule has 3 aliphatic rings. The van der Waals surface area contributed by atoms with E-state index in [0.29, 0.717) is 12.4 Å². The second kappa shape index (κ2) is 3.44. The van der Waals surface area contributed by atoms with E-state index in [1.54, 1.807) is 0 Å². The van der Waals surface area contributed by atoms with Crippen molar-refractivity contribution >= 4 is 6.47 Å². The zero-order chi connectivity index (χ0) is 8.39. The molecular formula is C9H15NO2. The van der Waals surface area contributed by atoms with Gasteiger partial charge in [-0.15, -0.1) is 0 Å². The van der Waals surface area contributed by atoms with Crippen LogP contribution in [0.3, 0.4) is 0 Å². The molecule has 1 unspecified atom stereocenters. The summed E-state index contributed by atoms with van der Waals surface area (Å²) in [6, 6.07) is 0. The highest BCUT2D eigenvalue weighted by molar-refractivity contribution is 5.37. The number of nitrogens with zero attached hydrogens (tertiary/aromatic N) is 1. The van der Waals surface area contributed by atoms with Crippen molar-refractivity contribution in [1.82, 2.24) is 4.90 Å². The largest absolute Gasteiger partial charge is 0.464 e. The average Bonchev–Trinajstić information content (AvgIpc) is 2.40. The van der Waals surface area contributed by atoms with E-state index >= 15 is 0 Å². The van der Waals surface area contributed by atoms with Crippen LogP contribution < -0.4 is 0 Å². The van der Waals surface area contributed by atoms with Crippen molar-refractivity contribution in [2.75, 3.05) is 19.6 Å². The lowest BCUT2D eigenvalue weighted by Gasteiger charge is -2.27. The fourth-order valence-corrected chi connectivity index (χ4v) is 2.34. The Balaban J connectivity index is 2.00. The molecule has 0 spiro atoms. The lowest BCUT2D eigenvalue weighted by molar-refractivity contribution is -0.136. The molecule has 1 atom stereocenters. The van der Waals surface area contributed by atoms with E-state index < -0.39 is 0 Å². The van der Waals surface area contributed by atoms with E-state index in [2.05, 4.69) is 4.90 Å². The van der Waals surface area contributed by atoms with Crippen molar-refractivity contribution in [3.05, 3.63) is 0 Å². The number of hydrogen-bond donors (Lipinski definition) is 0.